The van der Waals surface area contributed by atoms with Crippen molar-refractivity contribution >= 4 is 18.6 Å². The van der Waals surface area contributed by atoms with Gasteiger partial charge in [-0.2, -0.15) is 0 Å². The highest BCUT2D eigenvalue weighted by atomic mass is 16.5. The van der Waals surface area contributed by atoms with Crippen molar-refractivity contribution in [3.8, 4) is 23.0 Å². The first-order valence-electron chi connectivity index (χ1n) is 19.1. The first kappa shape index (κ1) is 41.6. The van der Waals surface area contributed by atoms with Crippen molar-refractivity contribution in [3.63, 3.8) is 0 Å². The predicted octanol–water partition coefficient (Wildman–Crippen LogP) is 8.42. The van der Waals surface area contributed by atoms with Crippen LogP contribution in [0.15, 0.2) is 47.8 Å². The highest BCUT2D eigenvalue weighted by Crippen LogP contribution is 2.55. The Kier molecular flexibility index (Phi) is 14.0. The van der Waals surface area contributed by atoms with E-state index >= 15 is 0 Å². The molecule has 4 N–H and O–H groups in total. The molecular weight excluding hydrogens is 666 g/mol. The van der Waals surface area contributed by atoms with E-state index in [1.165, 1.54) is 18.4 Å². The first-order chi connectivity index (χ1) is 25.0. The summed E-state index contributed by atoms with van der Waals surface area (Å²) in [5, 5.41) is 14.4. The number of nitrogens with zero attached hydrogens (tertiary/aromatic N) is 1. The van der Waals surface area contributed by atoms with Crippen LogP contribution in [0.5, 0.6) is 23.0 Å². The monoisotopic (exact) mass is 731 g/mol. The highest BCUT2D eigenvalue weighted by Gasteiger charge is 2.51. The lowest BCUT2D eigenvalue weighted by molar-refractivity contribution is -0.118. The SMILES string of the molecule is COC(C)(C)C.COc1cc(/C=C/c2cc(O)c(CC=C(C)C)c(OC/C(N)=C/NCC3CCCN3C=O)c2)cc2c1O[C@]1(C)CCCC(C)(C)C1C2. The molecule has 3 atom stereocenters. The average Bonchev–Trinajstić information content (AvgIpc) is 3.55. The van der Waals surface area contributed by atoms with Gasteiger partial charge < -0.3 is 40.0 Å². The molecule has 0 spiro atoms. The van der Waals surface area contributed by atoms with E-state index in [9.17, 15) is 9.90 Å². The molecule has 3 aliphatic rings. The van der Waals surface area contributed by atoms with E-state index in [1.54, 1.807) is 26.5 Å². The van der Waals surface area contributed by atoms with Gasteiger partial charge in [0, 0.05) is 43.9 Å². The number of nitrogens with two attached hydrogens (primary N) is 1. The van der Waals surface area contributed by atoms with Gasteiger partial charge in [-0.15, -0.1) is 0 Å². The largest absolute Gasteiger partial charge is 0.507 e. The maximum Gasteiger partial charge on any atom is 0.210 e. The number of amides is 1. The summed E-state index contributed by atoms with van der Waals surface area (Å²) in [5.41, 5.74) is 11.7. The molecule has 2 aromatic rings. The number of methoxy groups -OCH3 is 2. The summed E-state index contributed by atoms with van der Waals surface area (Å²) >= 11 is 0. The third-order valence-electron chi connectivity index (χ3n) is 10.9. The Hall–Kier alpha value is -4.11. The highest BCUT2D eigenvalue weighted by molar-refractivity contribution is 5.74. The number of aromatic hydroxyl groups is 1. The van der Waals surface area contributed by atoms with Crippen LogP contribution in [0.2, 0.25) is 0 Å². The Bertz CT molecular complexity index is 1650. The number of phenols is 1. The molecule has 1 saturated carbocycles. The number of allylic oxidation sites excluding steroid dienone is 2. The van der Waals surface area contributed by atoms with E-state index in [1.807, 2.05) is 63.8 Å². The summed E-state index contributed by atoms with van der Waals surface area (Å²) in [6.07, 6.45) is 15.7. The fraction of sp³-hybridized carbons (Fsp3) is 0.568. The van der Waals surface area contributed by atoms with Crippen molar-refractivity contribution in [2.75, 3.05) is 33.9 Å². The minimum absolute atomic E-state index is 0.0417. The number of carbonyl (C=O) groups excluding carboxylic acids is 1. The maximum absolute atomic E-state index is 11.2. The molecule has 2 aliphatic heterocycles. The Labute approximate surface area is 318 Å². The van der Waals surface area contributed by atoms with E-state index in [-0.39, 0.29) is 35.0 Å². The van der Waals surface area contributed by atoms with Gasteiger partial charge in [-0.05, 0) is 133 Å². The molecule has 53 heavy (non-hydrogen) atoms. The Balaban J connectivity index is 0.000000964. The summed E-state index contributed by atoms with van der Waals surface area (Å²) in [7, 11) is 3.41. The quantitative estimate of drug-likeness (QED) is 0.113. The smallest absolute Gasteiger partial charge is 0.210 e. The third kappa shape index (κ3) is 11.2. The van der Waals surface area contributed by atoms with Gasteiger partial charge in [0.05, 0.1) is 18.4 Å². The molecule has 9 nitrogen and oxygen atoms in total. The normalized spacial score (nSPS) is 22.2. The molecule has 2 fully saturated rings. The Morgan fingerprint density at radius 3 is 2.38 bits per heavy atom. The van der Waals surface area contributed by atoms with Gasteiger partial charge in [0.2, 0.25) is 6.41 Å². The molecular formula is C44H65N3O6. The van der Waals surface area contributed by atoms with E-state index in [0.717, 1.165) is 66.8 Å². The molecule has 0 radical (unpaired) electrons. The molecule has 5 rings (SSSR count). The number of nitrogens with one attached hydrogen (secondary N) is 1. The molecule has 1 amide bonds. The number of likely N-dealkylation sites (tertiary alicyclic amines) is 1. The predicted molar refractivity (Wildman–Crippen MR) is 215 cm³/mol. The average molecular weight is 732 g/mol. The van der Waals surface area contributed by atoms with Crippen LogP contribution < -0.4 is 25.3 Å². The van der Waals surface area contributed by atoms with Gasteiger partial charge in [0.15, 0.2) is 11.5 Å². The molecule has 9 heteroatoms. The topological polar surface area (TPSA) is 116 Å². The van der Waals surface area contributed by atoms with Gasteiger partial charge in [-0.25, -0.2) is 0 Å². The van der Waals surface area contributed by atoms with E-state index in [4.69, 9.17) is 24.7 Å². The summed E-state index contributed by atoms with van der Waals surface area (Å²) in [5.74, 6) is 2.79. The van der Waals surface area contributed by atoms with Gasteiger partial charge in [-0.1, -0.05) is 37.6 Å². The molecule has 0 bridgehead atoms. The molecule has 2 heterocycles. The minimum atomic E-state index is -0.192. The van der Waals surface area contributed by atoms with Crippen molar-refractivity contribution in [1.82, 2.24) is 10.2 Å². The van der Waals surface area contributed by atoms with Gasteiger partial charge in [0.1, 0.15) is 23.7 Å². The molecule has 1 saturated heterocycles. The number of fused-ring (bicyclic) bond motifs is 2. The van der Waals surface area contributed by atoms with Crippen molar-refractivity contribution in [2.45, 2.75) is 118 Å². The van der Waals surface area contributed by atoms with Gasteiger partial charge in [0.25, 0.3) is 0 Å². The number of hydrogen-bond acceptors (Lipinski definition) is 8. The number of benzene rings is 2. The number of hydrogen-bond donors (Lipinski definition) is 3. The number of rotatable bonds is 12. The number of ether oxygens (including phenoxy) is 4. The first-order valence-corrected chi connectivity index (χ1v) is 19.1. The Morgan fingerprint density at radius 2 is 1.74 bits per heavy atom. The van der Waals surface area contributed by atoms with Crippen LogP contribution in [0.1, 0.15) is 110 Å². The summed E-state index contributed by atoms with van der Waals surface area (Å²) in [6.45, 7) is 18.7. The third-order valence-corrected chi connectivity index (χ3v) is 10.9. The van der Waals surface area contributed by atoms with Crippen LogP contribution in [0.25, 0.3) is 12.2 Å². The molecule has 2 aromatic carbocycles. The van der Waals surface area contributed by atoms with Crippen LogP contribution in [0, 0.1) is 11.3 Å². The Morgan fingerprint density at radius 1 is 1.06 bits per heavy atom. The van der Waals surface area contributed by atoms with E-state index in [2.05, 4.69) is 38.2 Å². The standard InChI is InChI=1S/C39H53N3O5.C5H12O/c1-26(2)10-13-32-33(44)18-28(19-34(32)46-24-30(40)22-41-23-31-9-7-16-42(31)25-43)12-11-27-17-29-21-36-38(3,4)14-8-15-39(36,5)47-37(29)35(20-27)45-6;1-5(2,3)6-4/h10-12,17-20,22,25,31,36,41,44H,7-9,13-16,21,23-24,40H2,1-6H3;1-4H3/b12-11+,30-22-;/t31?,36?,39-;/m1./s1. The molecule has 2 unspecified atom stereocenters. The van der Waals surface area contributed by atoms with E-state index < -0.39 is 0 Å². The zero-order valence-corrected chi connectivity index (χ0v) is 33.9. The van der Waals surface area contributed by atoms with Gasteiger partial charge in [-0.3, -0.25) is 4.79 Å². The molecule has 292 valence electrons. The second-order valence-corrected chi connectivity index (χ2v) is 16.9. The second kappa shape index (κ2) is 17.8. The van der Waals surface area contributed by atoms with Crippen LogP contribution in [-0.4, -0.2) is 67.6 Å². The van der Waals surface area contributed by atoms with Crippen molar-refractivity contribution < 1.29 is 28.8 Å². The zero-order valence-electron chi connectivity index (χ0n) is 33.9. The zero-order chi connectivity index (χ0) is 39.0. The summed E-state index contributed by atoms with van der Waals surface area (Å²) in [6, 6.07) is 8.12. The van der Waals surface area contributed by atoms with E-state index in [0.29, 0.717) is 35.9 Å². The van der Waals surface area contributed by atoms with Crippen molar-refractivity contribution in [3.05, 3.63) is 70.1 Å². The fourth-order valence-corrected chi connectivity index (χ4v) is 7.66. The lowest BCUT2D eigenvalue weighted by Crippen LogP contribution is -2.54. The van der Waals surface area contributed by atoms with Crippen LogP contribution in [-0.2, 0) is 22.4 Å². The maximum atomic E-state index is 11.2. The van der Waals surface area contributed by atoms with Crippen LogP contribution >= 0.6 is 0 Å². The second-order valence-electron chi connectivity index (χ2n) is 16.9. The van der Waals surface area contributed by atoms with Crippen LogP contribution in [0.3, 0.4) is 0 Å². The summed E-state index contributed by atoms with van der Waals surface area (Å²) in [4.78, 5) is 13.1. The lowest BCUT2D eigenvalue weighted by atomic mass is 9.59. The molecule has 1 aliphatic carbocycles. The van der Waals surface area contributed by atoms with Crippen LogP contribution in [0.4, 0.5) is 0 Å². The van der Waals surface area contributed by atoms with Crippen molar-refractivity contribution in [1.29, 1.82) is 0 Å². The van der Waals surface area contributed by atoms with Gasteiger partial charge >= 0.3 is 0 Å². The number of phenolic OH excluding ortho intramolecular Hbond substituents is 1. The lowest BCUT2D eigenvalue weighted by Gasteiger charge is -2.53. The molecule has 0 aromatic heterocycles. The number of carbonyl (C=O) groups is 1. The fourth-order valence-electron chi connectivity index (χ4n) is 7.66. The minimum Gasteiger partial charge on any atom is -0.507 e. The summed E-state index contributed by atoms with van der Waals surface area (Å²) < 4.78 is 23.7. The van der Waals surface area contributed by atoms with Crippen molar-refractivity contribution in [2.24, 2.45) is 17.1 Å².